The number of ether oxygens (including phenoxy) is 4. The van der Waals surface area contributed by atoms with Gasteiger partial charge in [-0.1, -0.05) is 13.8 Å². The number of ketones is 2. The van der Waals surface area contributed by atoms with Crippen molar-refractivity contribution in [2.24, 2.45) is 22.7 Å². The second kappa shape index (κ2) is 8.40. The topological polar surface area (TPSA) is 105 Å². The maximum absolute atomic E-state index is 17.9. The van der Waals surface area contributed by atoms with Crippen LogP contribution in [0.3, 0.4) is 0 Å². The van der Waals surface area contributed by atoms with E-state index < -0.39 is 82.4 Å². The second-order valence-electron chi connectivity index (χ2n) is 12.6. The number of hydrogen-bond donors (Lipinski definition) is 0. The van der Waals surface area contributed by atoms with Crippen LogP contribution < -0.4 is 0 Å². The molecular formula is C28H36F2O8. The van der Waals surface area contributed by atoms with Crippen molar-refractivity contribution in [2.75, 3.05) is 6.61 Å². The van der Waals surface area contributed by atoms with E-state index in [0.29, 0.717) is 0 Å². The molecule has 3 saturated carbocycles. The quantitative estimate of drug-likeness (QED) is 0.499. The summed E-state index contributed by atoms with van der Waals surface area (Å²) in [6, 6.07) is 0. The van der Waals surface area contributed by atoms with E-state index >= 15 is 8.78 Å². The molecule has 8 nitrogen and oxygen atoms in total. The highest BCUT2D eigenvalue weighted by Crippen LogP contribution is 2.73. The predicted molar refractivity (Wildman–Crippen MR) is 128 cm³/mol. The minimum atomic E-state index is -2.19. The molecule has 0 aromatic rings. The first kappa shape index (κ1) is 27.4. The summed E-state index contributed by atoms with van der Waals surface area (Å²) in [5.41, 5.74) is -6.21. The number of rotatable bonds is 4. The summed E-state index contributed by atoms with van der Waals surface area (Å²) in [6.07, 6.45) is -2.41. The molecule has 5 rings (SSSR count). The standard InChI is InChI=1S/C28H36F2O8/c1-14(31)35-13-21(34)28-22(37-24(3,4)38-28)11-17-18-10-20(29)19-9-16(33)7-8-25(19,5)27(18,30)23(36-15(2)32)12-26(17,28)6/h9,17-18,20,22-23H,7-8,10-13H2,1-6H3/t17-,18-,20-,22+,23-,25-,26-,27-,28+/m0/s1. The largest absolute Gasteiger partial charge is 0.459 e. The molecule has 1 heterocycles. The average Bonchev–Trinajstić information content (AvgIpc) is 3.21. The highest BCUT2D eigenvalue weighted by molar-refractivity contribution is 5.93. The summed E-state index contributed by atoms with van der Waals surface area (Å²) in [5, 5.41) is 0. The molecule has 0 bridgehead atoms. The maximum Gasteiger partial charge on any atom is 0.303 e. The molecule has 0 unspecified atom stereocenters. The normalized spacial score (nSPS) is 46.7. The van der Waals surface area contributed by atoms with Crippen LogP contribution in [-0.2, 0) is 38.1 Å². The molecule has 210 valence electrons. The van der Waals surface area contributed by atoms with E-state index in [1.807, 2.05) is 0 Å². The van der Waals surface area contributed by atoms with Crippen molar-refractivity contribution in [2.45, 2.75) is 109 Å². The molecule has 38 heavy (non-hydrogen) atoms. The van der Waals surface area contributed by atoms with Gasteiger partial charge in [-0.05, 0) is 57.1 Å². The number of carbonyl (C=O) groups excluding carboxylic acids is 4. The average molecular weight is 539 g/mol. The molecule has 5 aliphatic rings. The van der Waals surface area contributed by atoms with Crippen LogP contribution in [0.2, 0.25) is 0 Å². The van der Waals surface area contributed by atoms with Gasteiger partial charge in [-0.2, -0.15) is 0 Å². The highest BCUT2D eigenvalue weighted by atomic mass is 19.1. The van der Waals surface area contributed by atoms with Crippen molar-refractivity contribution in [1.29, 1.82) is 0 Å². The number of halogens is 2. The van der Waals surface area contributed by atoms with E-state index in [2.05, 4.69) is 0 Å². The van der Waals surface area contributed by atoms with Crippen LogP contribution in [0, 0.1) is 22.7 Å². The van der Waals surface area contributed by atoms with Crippen LogP contribution >= 0.6 is 0 Å². The lowest BCUT2D eigenvalue weighted by molar-refractivity contribution is -0.259. The minimum absolute atomic E-state index is 0.0632. The first-order valence-corrected chi connectivity index (χ1v) is 13.3. The van der Waals surface area contributed by atoms with Gasteiger partial charge < -0.3 is 18.9 Å². The van der Waals surface area contributed by atoms with Crippen molar-refractivity contribution >= 4 is 23.5 Å². The second-order valence-corrected chi connectivity index (χ2v) is 12.6. The molecule has 4 aliphatic carbocycles. The molecule has 1 aliphatic heterocycles. The third-order valence-corrected chi connectivity index (χ3v) is 10.1. The predicted octanol–water partition coefficient (Wildman–Crippen LogP) is 3.73. The summed E-state index contributed by atoms with van der Waals surface area (Å²) in [5.74, 6) is -4.79. The van der Waals surface area contributed by atoms with E-state index in [1.54, 1.807) is 27.7 Å². The summed E-state index contributed by atoms with van der Waals surface area (Å²) in [6.45, 7) is 8.57. The summed E-state index contributed by atoms with van der Waals surface area (Å²) in [7, 11) is 0. The molecule has 0 aromatic heterocycles. The van der Waals surface area contributed by atoms with Gasteiger partial charge in [0.2, 0.25) is 5.78 Å². The Morgan fingerprint density at radius 1 is 1.08 bits per heavy atom. The lowest BCUT2D eigenvalue weighted by Crippen LogP contribution is -2.72. The number of alkyl halides is 2. The number of carbonyl (C=O) groups is 4. The van der Waals surface area contributed by atoms with Crippen LogP contribution in [0.5, 0.6) is 0 Å². The number of allylic oxidation sites excluding steroid dienone is 1. The SMILES string of the molecule is CC(=O)OCC(=O)[C@@]12OC(C)(C)O[C@@H]1C[C@H]1[C@@H]3C[C@H](F)C4=CC(=O)CC[C@]4(C)[C@@]3(F)[C@@H](OC(C)=O)C[C@@]12C. The molecule has 0 N–H and O–H groups in total. The van der Waals surface area contributed by atoms with Crippen molar-refractivity contribution in [3.05, 3.63) is 11.6 Å². The Morgan fingerprint density at radius 3 is 2.39 bits per heavy atom. The lowest BCUT2D eigenvalue weighted by Gasteiger charge is -2.64. The number of Topliss-reactive ketones (excluding diaryl/α,β-unsaturated/α-hetero) is 1. The molecular weight excluding hydrogens is 502 g/mol. The Labute approximate surface area is 220 Å². The third kappa shape index (κ3) is 3.44. The van der Waals surface area contributed by atoms with Gasteiger partial charge in [0.25, 0.3) is 0 Å². The van der Waals surface area contributed by atoms with Gasteiger partial charge in [-0.15, -0.1) is 0 Å². The van der Waals surface area contributed by atoms with E-state index in [1.165, 1.54) is 19.9 Å². The Balaban J connectivity index is 1.67. The zero-order chi connectivity index (χ0) is 28.1. The summed E-state index contributed by atoms with van der Waals surface area (Å²) >= 11 is 0. The fourth-order valence-electron chi connectivity index (χ4n) is 8.72. The fraction of sp³-hybridized carbons (Fsp3) is 0.786. The fourth-order valence-corrected chi connectivity index (χ4v) is 8.72. The first-order chi connectivity index (χ1) is 17.5. The molecule has 9 atom stereocenters. The number of esters is 2. The van der Waals surface area contributed by atoms with E-state index in [0.717, 1.165) is 0 Å². The number of fused-ring (bicyclic) bond motifs is 7. The summed E-state index contributed by atoms with van der Waals surface area (Å²) < 4.78 is 57.1. The van der Waals surface area contributed by atoms with Gasteiger partial charge in [-0.25, -0.2) is 8.78 Å². The Morgan fingerprint density at radius 2 is 1.76 bits per heavy atom. The molecule has 0 radical (unpaired) electrons. The number of hydrogen-bond acceptors (Lipinski definition) is 8. The Kier molecular flexibility index (Phi) is 6.05. The molecule has 4 fully saturated rings. The van der Waals surface area contributed by atoms with Crippen LogP contribution in [0.15, 0.2) is 11.6 Å². The van der Waals surface area contributed by atoms with Gasteiger partial charge in [-0.3, -0.25) is 19.2 Å². The Bertz CT molecular complexity index is 1130. The van der Waals surface area contributed by atoms with Crippen LogP contribution in [0.25, 0.3) is 0 Å². The van der Waals surface area contributed by atoms with Crippen molar-refractivity contribution in [1.82, 2.24) is 0 Å². The van der Waals surface area contributed by atoms with Crippen LogP contribution in [0.1, 0.15) is 73.6 Å². The molecule has 0 aromatic carbocycles. The van der Waals surface area contributed by atoms with Gasteiger partial charge >= 0.3 is 11.9 Å². The zero-order valence-electron chi connectivity index (χ0n) is 22.7. The van der Waals surface area contributed by atoms with Gasteiger partial charge in [0.05, 0.1) is 6.10 Å². The van der Waals surface area contributed by atoms with Gasteiger partial charge in [0.15, 0.2) is 29.4 Å². The van der Waals surface area contributed by atoms with E-state index in [4.69, 9.17) is 18.9 Å². The monoisotopic (exact) mass is 538 g/mol. The van der Waals surface area contributed by atoms with Gasteiger partial charge in [0.1, 0.15) is 12.3 Å². The van der Waals surface area contributed by atoms with Crippen molar-refractivity contribution in [3.8, 4) is 0 Å². The van der Waals surface area contributed by atoms with Gasteiger partial charge in [0, 0.05) is 37.0 Å². The molecule has 10 heteroatoms. The van der Waals surface area contributed by atoms with Crippen LogP contribution in [-0.4, -0.2) is 65.5 Å². The smallest absolute Gasteiger partial charge is 0.303 e. The van der Waals surface area contributed by atoms with Crippen molar-refractivity contribution < 1.29 is 46.9 Å². The highest BCUT2D eigenvalue weighted by Gasteiger charge is 2.81. The van der Waals surface area contributed by atoms with Crippen molar-refractivity contribution in [3.63, 3.8) is 0 Å². The van der Waals surface area contributed by atoms with Crippen LogP contribution in [0.4, 0.5) is 8.78 Å². The van der Waals surface area contributed by atoms with E-state index in [-0.39, 0.29) is 43.5 Å². The molecule has 1 saturated heterocycles. The lowest BCUT2D eigenvalue weighted by atomic mass is 9.43. The molecule has 0 spiro atoms. The Hall–Kier alpha value is -2.20. The minimum Gasteiger partial charge on any atom is -0.459 e. The van der Waals surface area contributed by atoms with E-state index in [9.17, 15) is 19.2 Å². The molecule has 0 amide bonds. The zero-order valence-corrected chi connectivity index (χ0v) is 22.7. The maximum atomic E-state index is 17.9. The first-order valence-electron chi connectivity index (χ1n) is 13.3. The summed E-state index contributed by atoms with van der Waals surface area (Å²) in [4.78, 5) is 49.9. The third-order valence-electron chi connectivity index (χ3n) is 10.1.